The van der Waals surface area contributed by atoms with Crippen molar-refractivity contribution < 1.29 is 4.79 Å². The van der Waals surface area contributed by atoms with Gasteiger partial charge in [0.1, 0.15) is 0 Å². The molecule has 102 valence electrons. The van der Waals surface area contributed by atoms with Crippen LogP contribution in [-0.4, -0.2) is 11.3 Å². The lowest BCUT2D eigenvalue weighted by Crippen LogP contribution is -2.34. The first-order valence-electron chi connectivity index (χ1n) is 6.23. The molecule has 1 heterocycles. The Labute approximate surface area is 126 Å². The Bertz CT molecular complexity index is 675. The molecule has 1 aliphatic rings. The van der Waals surface area contributed by atoms with Gasteiger partial charge < -0.3 is 10.6 Å². The van der Waals surface area contributed by atoms with Crippen LogP contribution in [0.4, 0.5) is 11.4 Å². The molecule has 2 N–H and O–H groups in total. The number of anilines is 2. The van der Waals surface area contributed by atoms with E-state index in [0.29, 0.717) is 5.02 Å². The van der Waals surface area contributed by atoms with Gasteiger partial charge in [0.2, 0.25) is 0 Å². The predicted octanol–water partition coefficient (Wildman–Crippen LogP) is 4.13. The van der Waals surface area contributed by atoms with Crippen LogP contribution in [0.2, 0.25) is 5.02 Å². The van der Waals surface area contributed by atoms with Gasteiger partial charge in [-0.25, -0.2) is 0 Å². The van der Waals surface area contributed by atoms with Crippen molar-refractivity contribution in [2.24, 2.45) is 0 Å². The number of amides is 1. The molecule has 20 heavy (non-hydrogen) atoms. The number of carbonyl (C=O) groups is 1. The molecule has 0 aliphatic carbocycles. The third-order valence-electron chi connectivity index (χ3n) is 3.10. The normalized spacial score (nSPS) is 17.3. The summed E-state index contributed by atoms with van der Waals surface area (Å²) < 4.78 is 0. The van der Waals surface area contributed by atoms with Gasteiger partial charge in [0.25, 0.3) is 5.91 Å². The number of carbonyl (C=O) groups excluding carboxylic acids is 1. The lowest BCUT2D eigenvalue weighted by atomic mass is 10.2. The molecule has 0 saturated carbocycles. The Balaban J connectivity index is 1.81. The Morgan fingerprint density at radius 2 is 2.05 bits per heavy atom. The third-order valence-corrected chi connectivity index (χ3v) is 4.68. The summed E-state index contributed by atoms with van der Waals surface area (Å²) in [5.41, 5.74) is 2.72. The third kappa shape index (κ3) is 2.62. The van der Waals surface area contributed by atoms with Crippen molar-refractivity contribution in [2.45, 2.75) is 17.2 Å². The molecule has 0 saturated heterocycles. The minimum atomic E-state index is -0.358. The van der Waals surface area contributed by atoms with Crippen molar-refractivity contribution in [3.63, 3.8) is 0 Å². The van der Waals surface area contributed by atoms with E-state index in [0.717, 1.165) is 21.8 Å². The largest absolute Gasteiger partial charge is 0.365 e. The van der Waals surface area contributed by atoms with E-state index in [1.165, 1.54) is 11.8 Å². The van der Waals surface area contributed by atoms with Gasteiger partial charge in [-0.3, -0.25) is 4.79 Å². The number of rotatable bonds is 2. The number of fused-ring (bicyclic) bond motifs is 1. The van der Waals surface area contributed by atoms with E-state index < -0.39 is 0 Å². The van der Waals surface area contributed by atoms with Gasteiger partial charge in [-0.2, -0.15) is 0 Å². The molecular formula is C15H13ClN2OS. The molecule has 2 aromatic carbocycles. The summed E-state index contributed by atoms with van der Waals surface area (Å²) >= 11 is 7.61. The highest BCUT2D eigenvalue weighted by atomic mass is 35.5. The Morgan fingerprint density at radius 3 is 2.85 bits per heavy atom. The molecule has 0 radical (unpaired) electrons. The van der Waals surface area contributed by atoms with Crippen LogP contribution >= 0.6 is 23.4 Å². The van der Waals surface area contributed by atoms with Crippen LogP contribution in [-0.2, 0) is 4.79 Å². The molecule has 3 nitrogen and oxygen atoms in total. The maximum absolute atomic E-state index is 12.1. The zero-order valence-corrected chi connectivity index (χ0v) is 12.4. The Hall–Kier alpha value is -1.65. The summed E-state index contributed by atoms with van der Waals surface area (Å²) in [6, 6.07) is 13.5. The van der Waals surface area contributed by atoms with E-state index in [-0.39, 0.29) is 11.3 Å². The number of aryl methyl sites for hydroxylation is 1. The van der Waals surface area contributed by atoms with Gasteiger partial charge >= 0.3 is 0 Å². The number of hydrogen-bond acceptors (Lipinski definition) is 3. The second-order valence-corrected chi connectivity index (χ2v) is 6.15. The second kappa shape index (κ2) is 5.38. The highest BCUT2D eigenvalue weighted by Crippen LogP contribution is 2.36. The van der Waals surface area contributed by atoms with Crippen LogP contribution in [0.1, 0.15) is 5.56 Å². The first-order valence-corrected chi connectivity index (χ1v) is 7.48. The van der Waals surface area contributed by atoms with Crippen molar-refractivity contribution >= 4 is 40.6 Å². The lowest BCUT2D eigenvalue weighted by Gasteiger charge is -2.25. The zero-order valence-electron chi connectivity index (χ0n) is 10.8. The van der Waals surface area contributed by atoms with Crippen molar-refractivity contribution in [3.8, 4) is 0 Å². The number of thioether (sulfide) groups is 1. The highest BCUT2D eigenvalue weighted by Gasteiger charge is 2.26. The molecule has 0 fully saturated rings. The summed E-state index contributed by atoms with van der Waals surface area (Å²) in [5.74, 6) is -0.0506. The summed E-state index contributed by atoms with van der Waals surface area (Å²) in [4.78, 5) is 13.1. The average Bonchev–Trinajstić information content (AvgIpc) is 2.44. The van der Waals surface area contributed by atoms with E-state index in [4.69, 9.17) is 11.6 Å². The van der Waals surface area contributed by atoms with E-state index >= 15 is 0 Å². The van der Waals surface area contributed by atoms with Crippen molar-refractivity contribution in [3.05, 3.63) is 53.1 Å². The summed E-state index contributed by atoms with van der Waals surface area (Å²) in [6.07, 6.45) is 0. The fourth-order valence-electron chi connectivity index (χ4n) is 1.98. The van der Waals surface area contributed by atoms with Crippen molar-refractivity contribution in [1.82, 2.24) is 0 Å². The maximum atomic E-state index is 12.1. The van der Waals surface area contributed by atoms with Gasteiger partial charge in [0.15, 0.2) is 5.37 Å². The Morgan fingerprint density at radius 1 is 1.25 bits per heavy atom. The molecule has 1 aliphatic heterocycles. The van der Waals surface area contributed by atoms with Crippen molar-refractivity contribution in [1.29, 1.82) is 0 Å². The smallest absolute Gasteiger partial charge is 0.257 e. The lowest BCUT2D eigenvalue weighted by molar-refractivity contribution is -0.115. The standard InChI is InChI=1S/C15H13ClN2OS/c1-9-6-7-10(8-11(9)16)17-15-14(19)18-12-4-2-3-5-13(12)20-15/h2-8,15,17H,1H3,(H,18,19)/t15-/m0/s1. The van der Waals surface area contributed by atoms with Gasteiger partial charge in [0, 0.05) is 15.6 Å². The van der Waals surface area contributed by atoms with E-state index in [2.05, 4.69) is 10.6 Å². The fraction of sp³-hybridized carbons (Fsp3) is 0.133. The first-order chi connectivity index (χ1) is 9.63. The number of halogens is 1. The van der Waals surface area contributed by atoms with Crippen LogP contribution in [0.25, 0.3) is 0 Å². The van der Waals surface area contributed by atoms with Crippen LogP contribution in [0.15, 0.2) is 47.4 Å². The minimum Gasteiger partial charge on any atom is -0.365 e. The zero-order chi connectivity index (χ0) is 14.1. The van der Waals surface area contributed by atoms with Crippen LogP contribution < -0.4 is 10.6 Å². The molecule has 1 amide bonds. The van der Waals surface area contributed by atoms with Crippen LogP contribution in [0.3, 0.4) is 0 Å². The summed E-state index contributed by atoms with van der Waals surface area (Å²) in [6.45, 7) is 1.95. The molecule has 1 atom stereocenters. The number of nitrogens with one attached hydrogen (secondary N) is 2. The van der Waals surface area contributed by atoms with Gasteiger partial charge in [0.05, 0.1) is 5.69 Å². The maximum Gasteiger partial charge on any atom is 0.257 e. The van der Waals surface area contributed by atoms with Crippen LogP contribution in [0.5, 0.6) is 0 Å². The first kappa shape index (κ1) is 13.3. The molecule has 3 rings (SSSR count). The van der Waals surface area contributed by atoms with E-state index in [1.54, 1.807) is 0 Å². The average molecular weight is 305 g/mol. The van der Waals surface area contributed by atoms with Gasteiger partial charge in [-0.15, -0.1) is 0 Å². The van der Waals surface area contributed by atoms with Crippen LogP contribution in [0, 0.1) is 6.92 Å². The van der Waals surface area contributed by atoms with Crippen molar-refractivity contribution in [2.75, 3.05) is 10.6 Å². The molecule has 5 heteroatoms. The SMILES string of the molecule is Cc1ccc(N[C@H]2Sc3ccccc3NC2=O)cc1Cl. The number of hydrogen-bond donors (Lipinski definition) is 2. The topological polar surface area (TPSA) is 41.1 Å². The van der Waals surface area contributed by atoms with E-state index in [1.807, 2.05) is 49.4 Å². The number of para-hydroxylation sites is 1. The summed E-state index contributed by atoms with van der Waals surface area (Å²) in [7, 11) is 0. The molecule has 0 aromatic heterocycles. The molecule has 2 aromatic rings. The number of benzene rings is 2. The van der Waals surface area contributed by atoms with Gasteiger partial charge in [-0.1, -0.05) is 41.6 Å². The quantitative estimate of drug-likeness (QED) is 0.876. The predicted molar refractivity (Wildman–Crippen MR) is 84.5 cm³/mol. The Kier molecular flexibility index (Phi) is 3.59. The second-order valence-electron chi connectivity index (χ2n) is 4.59. The molecule has 0 unspecified atom stereocenters. The van der Waals surface area contributed by atoms with Gasteiger partial charge in [-0.05, 0) is 36.8 Å². The molecule has 0 spiro atoms. The summed E-state index contributed by atoms with van der Waals surface area (Å²) in [5, 5.41) is 6.44. The molecule has 0 bridgehead atoms. The monoisotopic (exact) mass is 304 g/mol. The molecular weight excluding hydrogens is 292 g/mol. The highest BCUT2D eigenvalue weighted by molar-refractivity contribution is 8.01. The fourth-order valence-corrected chi connectivity index (χ4v) is 3.18. The van der Waals surface area contributed by atoms with E-state index in [9.17, 15) is 4.79 Å². The minimum absolute atomic E-state index is 0.0506.